The number of piperazine rings is 1. The molecule has 1 fully saturated rings. The van der Waals surface area contributed by atoms with Gasteiger partial charge in [-0.1, -0.05) is 12.1 Å². The van der Waals surface area contributed by atoms with Crippen LogP contribution in [0.3, 0.4) is 0 Å². The Morgan fingerprint density at radius 1 is 0.943 bits per heavy atom. The molecule has 0 aromatic heterocycles. The fourth-order valence-corrected chi connectivity index (χ4v) is 3.68. The van der Waals surface area contributed by atoms with E-state index >= 15 is 0 Å². The minimum Gasteiger partial charge on any atom is -0.333 e. The molecule has 0 saturated carbocycles. The van der Waals surface area contributed by atoms with Crippen molar-refractivity contribution in [3.05, 3.63) is 65.5 Å². The molecule has 1 aliphatic rings. The minimum atomic E-state index is -0.827. The Labute approximate surface area is 203 Å². The lowest BCUT2D eigenvalue weighted by molar-refractivity contribution is 0.132. The summed E-state index contributed by atoms with van der Waals surface area (Å²) < 4.78 is 40.2. The predicted molar refractivity (Wildman–Crippen MR) is 128 cm³/mol. The average molecular weight is 492 g/mol. The number of amides is 4. The Hall–Kier alpha value is -3.27. The first-order valence-electron chi connectivity index (χ1n) is 11.5. The lowest BCUT2D eigenvalue weighted by Crippen LogP contribution is -2.53. The maximum absolute atomic E-state index is 13.8. The number of urea groups is 2. The molecule has 0 bridgehead atoms. The molecule has 2 aromatic rings. The number of halogens is 3. The van der Waals surface area contributed by atoms with Crippen molar-refractivity contribution in [2.24, 2.45) is 0 Å². The van der Waals surface area contributed by atoms with Gasteiger partial charge in [-0.2, -0.15) is 0 Å². The highest BCUT2D eigenvalue weighted by molar-refractivity contribution is 5.89. The van der Waals surface area contributed by atoms with E-state index in [0.29, 0.717) is 45.8 Å². The van der Waals surface area contributed by atoms with Crippen LogP contribution in [0.15, 0.2) is 42.5 Å². The summed E-state index contributed by atoms with van der Waals surface area (Å²) in [5, 5.41) is 5.45. The smallest absolute Gasteiger partial charge is 0.322 e. The highest BCUT2D eigenvalue weighted by atomic mass is 19.1. The molecule has 7 nitrogen and oxygen atoms in total. The number of carbonyl (C=O) groups excluding carboxylic acids is 2. The van der Waals surface area contributed by atoms with Crippen molar-refractivity contribution < 1.29 is 22.8 Å². The van der Waals surface area contributed by atoms with Crippen LogP contribution < -0.4 is 10.6 Å². The molecule has 2 N–H and O–H groups in total. The second-order valence-electron chi connectivity index (χ2n) is 9.61. The van der Waals surface area contributed by atoms with Crippen LogP contribution in [0.2, 0.25) is 0 Å². The molecular formula is C25H32F3N5O2. The van der Waals surface area contributed by atoms with Crippen LogP contribution in [0.25, 0.3) is 0 Å². The second kappa shape index (κ2) is 11.4. The third-order valence-electron chi connectivity index (χ3n) is 5.57. The molecule has 1 saturated heterocycles. The summed E-state index contributed by atoms with van der Waals surface area (Å²) in [6.07, 6.45) is 0. The quantitative estimate of drug-likeness (QED) is 0.635. The fourth-order valence-electron chi connectivity index (χ4n) is 3.68. The Balaban J connectivity index is 1.53. The number of nitrogens with one attached hydrogen (secondary N) is 2. The van der Waals surface area contributed by atoms with Crippen LogP contribution in [-0.2, 0) is 6.54 Å². The van der Waals surface area contributed by atoms with Gasteiger partial charge in [-0.3, -0.25) is 4.90 Å². The molecule has 0 atom stereocenters. The van der Waals surface area contributed by atoms with Crippen LogP contribution in [0.1, 0.15) is 26.3 Å². The van der Waals surface area contributed by atoms with Crippen molar-refractivity contribution in [1.29, 1.82) is 0 Å². The first-order valence-corrected chi connectivity index (χ1v) is 11.5. The van der Waals surface area contributed by atoms with E-state index in [4.69, 9.17) is 0 Å². The van der Waals surface area contributed by atoms with E-state index in [2.05, 4.69) is 15.5 Å². The highest BCUT2D eigenvalue weighted by Gasteiger charge is 2.24. The van der Waals surface area contributed by atoms with Gasteiger partial charge >= 0.3 is 12.1 Å². The third-order valence-corrected chi connectivity index (χ3v) is 5.57. The molecule has 10 heteroatoms. The normalized spacial score (nSPS) is 14.5. The van der Waals surface area contributed by atoms with Gasteiger partial charge in [0.2, 0.25) is 0 Å². The number of benzene rings is 2. The largest absolute Gasteiger partial charge is 0.333 e. The zero-order chi connectivity index (χ0) is 25.6. The zero-order valence-corrected chi connectivity index (χ0v) is 20.3. The van der Waals surface area contributed by atoms with Gasteiger partial charge in [0.25, 0.3) is 0 Å². The molecule has 1 heterocycles. The van der Waals surface area contributed by atoms with Gasteiger partial charge < -0.3 is 20.4 Å². The van der Waals surface area contributed by atoms with E-state index < -0.39 is 23.2 Å². The summed E-state index contributed by atoms with van der Waals surface area (Å²) in [5.41, 5.74) is 0.353. The monoisotopic (exact) mass is 491 g/mol. The summed E-state index contributed by atoms with van der Waals surface area (Å²) in [4.78, 5) is 30.8. The van der Waals surface area contributed by atoms with Crippen LogP contribution >= 0.6 is 0 Å². The molecule has 35 heavy (non-hydrogen) atoms. The molecule has 4 amide bonds. The Bertz CT molecular complexity index is 1020. The molecule has 3 rings (SSSR count). The number of carbonyl (C=O) groups is 2. The zero-order valence-electron chi connectivity index (χ0n) is 20.3. The van der Waals surface area contributed by atoms with E-state index in [9.17, 15) is 22.8 Å². The lowest BCUT2D eigenvalue weighted by Gasteiger charge is -2.36. The summed E-state index contributed by atoms with van der Waals surface area (Å²) in [6, 6.07) is 8.41. The van der Waals surface area contributed by atoms with E-state index in [1.165, 1.54) is 18.2 Å². The second-order valence-corrected chi connectivity index (χ2v) is 9.61. The highest BCUT2D eigenvalue weighted by Crippen LogP contribution is 2.16. The first-order chi connectivity index (χ1) is 16.5. The van der Waals surface area contributed by atoms with Gasteiger partial charge in [0.05, 0.1) is 5.69 Å². The maximum Gasteiger partial charge on any atom is 0.322 e. The van der Waals surface area contributed by atoms with Crippen molar-refractivity contribution in [3.63, 3.8) is 0 Å². The van der Waals surface area contributed by atoms with E-state index in [0.717, 1.165) is 17.7 Å². The van der Waals surface area contributed by atoms with Crippen molar-refractivity contribution in [3.8, 4) is 0 Å². The molecule has 2 aromatic carbocycles. The molecule has 0 radical (unpaired) electrons. The molecule has 1 aliphatic heterocycles. The SMILES string of the molecule is CC(C)(C)NC(=O)N(CCN1CCN(C(=O)Nc2ccc(F)cc2F)CC1)Cc1ccc(F)cc1. The van der Waals surface area contributed by atoms with Gasteiger partial charge in [-0.05, 0) is 50.6 Å². The van der Waals surface area contributed by atoms with E-state index in [1.807, 2.05) is 20.8 Å². The van der Waals surface area contributed by atoms with Crippen LogP contribution in [0.5, 0.6) is 0 Å². The average Bonchev–Trinajstić information content (AvgIpc) is 2.79. The Morgan fingerprint density at radius 2 is 1.57 bits per heavy atom. The van der Waals surface area contributed by atoms with E-state index in [-0.39, 0.29) is 17.5 Å². The van der Waals surface area contributed by atoms with Gasteiger partial charge in [0, 0.05) is 57.4 Å². The van der Waals surface area contributed by atoms with Crippen LogP contribution in [0, 0.1) is 17.5 Å². The number of nitrogens with zero attached hydrogens (tertiary/aromatic N) is 3. The first kappa shape index (κ1) is 26.3. The number of hydrogen-bond donors (Lipinski definition) is 2. The molecular weight excluding hydrogens is 459 g/mol. The van der Waals surface area contributed by atoms with Gasteiger partial charge in [-0.15, -0.1) is 0 Å². The topological polar surface area (TPSA) is 67.9 Å². The number of hydrogen-bond acceptors (Lipinski definition) is 3. The van der Waals surface area contributed by atoms with Crippen LogP contribution in [-0.4, -0.2) is 71.6 Å². The summed E-state index contributed by atoms with van der Waals surface area (Å²) in [6.45, 7) is 9.15. The summed E-state index contributed by atoms with van der Waals surface area (Å²) in [7, 11) is 0. The Kier molecular flexibility index (Phi) is 8.61. The molecule has 0 unspecified atom stereocenters. The standard InChI is InChI=1S/C25H32F3N5O2/c1-25(2,3)30-24(35)33(17-18-4-6-19(26)7-5-18)15-12-31-10-13-32(14-11-31)23(34)29-22-9-8-20(27)16-21(22)28/h4-9,16H,10-15,17H2,1-3H3,(H,29,34)(H,30,35). The van der Waals surface area contributed by atoms with Gasteiger partial charge in [-0.25, -0.2) is 22.8 Å². The van der Waals surface area contributed by atoms with Crippen molar-refractivity contribution in [2.45, 2.75) is 32.9 Å². The van der Waals surface area contributed by atoms with Crippen molar-refractivity contribution in [1.82, 2.24) is 20.0 Å². The summed E-state index contributed by atoms with van der Waals surface area (Å²) >= 11 is 0. The van der Waals surface area contributed by atoms with E-state index in [1.54, 1.807) is 21.9 Å². The van der Waals surface area contributed by atoms with Gasteiger partial charge in [0.15, 0.2) is 0 Å². The predicted octanol–water partition coefficient (Wildman–Crippen LogP) is 4.26. The molecule has 0 spiro atoms. The maximum atomic E-state index is 13.8. The molecule has 0 aliphatic carbocycles. The lowest BCUT2D eigenvalue weighted by atomic mass is 10.1. The fraction of sp³-hybridized carbons (Fsp3) is 0.440. The number of rotatable bonds is 6. The van der Waals surface area contributed by atoms with Crippen LogP contribution in [0.4, 0.5) is 28.4 Å². The number of anilines is 1. The third kappa shape index (κ3) is 8.17. The van der Waals surface area contributed by atoms with Gasteiger partial charge in [0.1, 0.15) is 17.5 Å². The molecule has 190 valence electrons. The Morgan fingerprint density at radius 3 is 2.17 bits per heavy atom. The minimum absolute atomic E-state index is 0.0693. The van der Waals surface area contributed by atoms with Crippen molar-refractivity contribution >= 4 is 17.7 Å². The van der Waals surface area contributed by atoms with Crippen molar-refractivity contribution in [2.75, 3.05) is 44.6 Å². The summed E-state index contributed by atoms with van der Waals surface area (Å²) in [5.74, 6) is -1.87.